The molecule has 1 aliphatic carbocycles. The number of hydrogen-bond donors (Lipinski definition) is 2. The van der Waals surface area contributed by atoms with E-state index >= 15 is 0 Å². The van der Waals surface area contributed by atoms with Crippen molar-refractivity contribution in [3.05, 3.63) is 0 Å². The molecule has 0 saturated heterocycles. The molecule has 4 nitrogen and oxygen atoms in total. The maximum Gasteiger partial charge on any atom is 0.309 e. The fourth-order valence-corrected chi connectivity index (χ4v) is 2.18. The van der Waals surface area contributed by atoms with Crippen molar-refractivity contribution in [1.82, 2.24) is 0 Å². The van der Waals surface area contributed by atoms with Crippen LogP contribution in [-0.4, -0.2) is 41.4 Å². The normalized spacial score (nSPS) is 37.0. The molecule has 1 saturated carbocycles. The Hall–Kier alpha value is -0.390. The summed E-state index contributed by atoms with van der Waals surface area (Å²) in [5, 5.41) is 8.04. The van der Waals surface area contributed by atoms with Crippen LogP contribution in [0.1, 0.15) is 19.8 Å². The van der Waals surface area contributed by atoms with Crippen LogP contribution in [0, 0.1) is 5.92 Å². The molecule has 0 radical (unpaired) electrons. The van der Waals surface area contributed by atoms with Gasteiger partial charge in [0.25, 0.3) is 0 Å². The van der Waals surface area contributed by atoms with Crippen molar-refractivity contribution in [1.29, 1.82) is 0 Å². The SMILES string of the molecule is CC(N)COC1CC(Cl)C(F)C(C(=O)O)C1. The molecule has 0 aromatic rings. The molecule has 0 spiro atoms. The molecule has 5 unspecified atom stereocenters. The van der Waals surface area contributed by atoms with Crippen LogP contribution < -0.4 is 5.73 Å². The predicted octanol–water partition coefficient (Wildman–Crippen LogP) is 1.16. The predicted molar refractivity (Wildman–Crippen MR) is 58.3 cm³/mol. The molecule has 1 aliphatic rings. The molecule has 94 valence electrons. The van der Waals surface area contributed by atoms with Gasteiger partial charge in [0, 0.05) is 6.04 Å². The molecule has 5 atom stereocenters. The maximum absolute atomic E-state index is 13.5. The zero-order chi connectivity index (χ0) is 12.3. The Balaban J connectivity index is 2.53. The Morgan fingerprint density at radius 3 is 2.81 bits per heavy atom. The molecule has 1 rings (SSSR count). The molecule has 0 aromatic heterocycles. The van der Waals surface area contributed by atoms with Crippen molar-refractivity contribution >= 4 is 17.6 Å². The van der Waals surface area contributed by atoms with Crippen LogP contribution in [0.5, 0.6) is 0 Å². The van der Waals surface area contributed by atoms with Crippen molar-refractivity contribution in [2.75, 3.05) is 6.61 Å². The third-order valence-electron chi connectivity index (χ3n) is 2.65. The first-order valence-corrected chi connectivity index (χ1v) is 5.73. The summed E-state index contributed by atoms with van der Waals surface area (Å²) in [5.41, 5.74) is 5.52. The van der Waals surface area contributed by atoms with Gasteiger partial charge in [0.2, 0.25) is 0 Å². The van der Waals surface area contributed by atoms with Crippen molar-refractivity contribution in [2.45, 2.75) is 43.5 Å². The Morgan fingerprint density at radius 1 is 1.69 bits per heavy atom. The van der Waals surface area contributed by atoms with Gasteiger partial charge in [-0.3, -0.25) is 4.79 Å². The van der Waals surface area contributed by atoms with Gasteiger partial charge < -0.3 is 15.6 Å². The smallest absolute Gasteiger partial charge is 0.309 e. The first-order valence-electron chi connectivity index (χ1n) is 5.30. The molecule has 0 aromatic carbocycles. The minimum Gasteiger partial charge on any atom is -0.481 e. The molecule has 0 heterocycles. The van der Waals surface area contributed by atoms with Gasteiger partial charge in [-0.2, -0.15) is 0 Å². The Labute approximate surface area is 98.9 Å². The van der Waals surface area contributed by atoms with Gasteiger partial charge in [0.15, 0.2) is 0 Å². The molecule has 16 heavy (non-hydrogen) atoms. The number of hydrogen-bond acceptors (Lipinski definition) is 3. The van der Waals surface area contributed by atoms with E-state index in [1.54, 1.807) is 6.92 Å². The number of halogens is 2. The minimum absolute atomic E-state index is 0.125. The van der Waals surface area contributed by atoms with Crippen LogP contribution in [0.4, 0.5) is 4.39 Å². The zero-order valence-corrected chi connectivity index (χ0v) is 9.86. The van der Waals surface area contributed by atoms with Crippen LogP contribution in [0.3, 0.4) is 0 Å². The van der Waals surface area contributed by atoms with Crippen molar-refractivity contribution in [3.8, 4) is 0 Å². The third-order valence-corrected chi connectivity index (χ3v) is 3.07. The van der Waals surface area contributed by atoms with Crippen molar-refractivity contribution in [2.24, 2.45) is 11.7 Å². The quantitative estimate of drug-likeness (QED) is 0.738. The van der Waals surface area contributed by atoms with E-state index in [2.05, 4.69) is 0 Å². The van der Waals surface area contributed by atoms with Gasteiger partial charge in [0.1, 0.15) is 6.17 Å². The topological polar surface area (TPSA) is 72.5 Å². The second kappa shape index (κ2) is 5.80. The van der Waals surface area contributed by atoms with Crippen molar-refractivity contribution < 1.29 is 19.0 Å². The largest absolute Gasteiger partial charge is 0.481 e. The Kier molecular flexibility index (Phi) is 4.95. The van der Waals surface area contributed by atoms with E-state index in [1.165, 1.54) is 0 Å². The molecule has 0 aliphatic heterocycles. The second-order valence-electron chi connectivity index (χ2n) is 4.31. The zero-order valence-electron chi connectivity index (χ0n) is 9.11. The van der Waals surface area contributed by atoms with Gasteiger partial charge in [-0.1, -0.05) is 0 Å². The number of carbonyl (C=O) groups is 1. The molecule has 0 amide bonds. The number of nitrogens with two attached hydrogens (primary N) is 1. The highest BCUT2D eigenvalue weighted by molar-refractivity contribution is 6.21. The van der Waals surface area contributed by atoms with E-state index in [0.717, 1.165) is 0 Å². The van der Waals surface area contributed by atoms with Gasteiger partial charge in [0.05, 0.1) is 24.0 Å². The van der Waals surface area contributed by atoms with Gasteiger partial charge in [-0.15, -0.1) is 11.6 Å². The summed E-state index contributed by atoms with van der Waals surface area (Å²) in [7, 11) is 0. The number of carboxylic acids is 1. The first kappa shape index (κ1) is 13.7. The maximum atomic E-state index is 13.5. The first-order chi connectivity index (χ1) is 7.41. The summed E-state index contributed by atoms with van der Waals surface area (Å²) in [6, 6.07) is -0.125. The molecule has 1 fully saturated rings. The molecular weight excluding hydrogens is 237 g/mol. The van der Waals surface area contributed by atoms with Gasteiger partial charge in [-0.05, 0) is 19.8 Å². The number of carboxylic acid groups (broad SMARTS) is 1. The summed E-state index contributed by atoms with van der Waals surface area (Å²) in [6.07, 6.45) is -1.33. The van der Waals surface area contributed by atoms with E-state index < -0.39 is 23.4 Å². The van der Waals surface area contributed by atoms with E-state index in [4.69, 9.17) is 27.2 Å². The summed E-state index contributed by atoms with van der Waals surface area (Å²) >= 11 is 5.77. The monoisotopic (exact) mass is 253 g/mol. The molecule has 3 N–H and O–H groups in total. The molecule has 0 bridgehead atoms. The highest BCUT2D eigenvalue weighted by Crippen LogP contribution is 2.32. The van der Waals surface area contributed by atoms with Crippen molar-refractivity contribution in [3.63, 3.8) is 0 Å². The number of aliphatic carboxylic acids is 1. The van der Waals surface area contributed by atoms with Gasteiger partial charge in [-0.25, -0.2) is 4.39 Å². The summed E-state index contributed by atoms with van der Waals surface area (Å²) in [5.74, 6) is -2.23. The lowest BCUT2D eigenvalue weighted by Crippen LogP contribution is -2.43. The summed E-state index contributed by atoms with van der Waals surface area (Å²) in [4.78, 5) is 10.8. The highest BCUT2D eigenvalue weighted by atomic mass is 35.5. The van der Waals surface area contributed by atoms with E-state index in [0.29, 0.717) is 13.0 Å². The lowest BCUT2D eigenvalue weighted by Gasteiger charge is -2.33. The highest BCUT2D eigenvalue weighted by Gasteiger charge is 2.41. The van der Waals surface area contributed by atoms with Crippen LogP contribution in [0.15, 0.2) is 0 Å². The average molecular weight is 254 g/mol. The lowest BCUT2D eigenvalue weighted by atomic mass is 9.85. The number of rotatable bonds is 4. The van der Waals surface area contributed by atoms with Crippen LogP contribution in [0.2, 0.25) is 0 Å². The van der Waals surface area contributed by atoms with E-state index in [1.807, 2.05) is 0 Å². The second-order valence-corrected chi connectivity index (χ2v) is 4.87. The van der Waals surface area contributed by atoms with E-state index in [9.17, 15) is 9.18 Å². The third kappa shape index (κ3) is 3.57. The summed E-state index contributed by atoms with van der Waals surface area (Å²) in [6.45, 7) is 2.12. The molecular formula is C10H17ClFNO3. The van der Waals surface area contributed by atoms with Crippen LogP contribution in [0.25, 0.3) is 0 Å². The fourth-order valence-electron chi connectivity index (χ4n) is 1.80. The lowest BCUT2D eigenvalue weighted by molar-refractivity contribution is -0.148. The summed E-state index contributed by atoms with van der Waals surface area (Å²) < 4.78 is 18.9. The average Bonchev–Trinajstić information content (AvgIpc) is 2.19. The van der Waals surface area contributed by atoms with E-state index in [-0.39, 0.29) is 18.6 Å². The van der Waals surface area contributed by atoms with Crippen LogP contribution in [-0.2, 0) is 9.53 Å². The Morgan fingerprint density at radius 2 is 2.31 bits per heavy atom. The molecule has 6 heteroatoms. The fraction of sp³-hybridized carbons (Fsp3) is 0.900. The standard InChI is InChI=1S/C10H17ClFNO3/c1-5(13)4-16-6-2-7(10(14)15)9(12)8(11)3-6/h5-9H,2-4,13H2,1H3,(H,14,15). The van der Waals surface area contributed by atoms with Crippen LogP contribution >= 0.6 is 11.6 Å². The Bertz CT molecular complexity index is 252. The number of alkyl halides is 2. The number of ether oxygens (including phenoxy) is 1. The minimum atomic E-state index is -1.51. The van der Waals surface area contributed by atoms with Gasteiger partial charge >= 0.3 is 5.97 Å².